The van der Waals surface area contributed by atoms with Crippen LogP contribution in [0, 0.1) is 5.82 Å². The van der Waals surface area contributed by atoms with Crippen LogP contribution in [0.3, 0.4) is 0 Å². The van der Waals surface area contributed by atoms with Gasteiger partial charge in [0, 0.05) is 45.9 Å². The molecule has 5 nitrogen and oxygen atoms in total. The van der Waals surface area contributed by atoms with Crippen LogP contribution in [-0.2, 0) is 11.2 Å². The molecule has 1 aromatic rings. The van der Waals surface area contributed by atoms with E-state index >= 15 is 0 Å². The SMILES string of the molecule is O=C(NCCc1cccc(F)c1)N1CCN(CCCOCC(F)(F)F)CC1. The largest absolute Gasteiger partial charge is 0.411 e. The van der Waals surface area contributed by atoms with E-state index in [2.05, 4.69) is 15.0 Å². The number of urea groups is 1. The predicted molar refractivity (Wildman–Crippen MR) is 93.0 cm³/mol. The molecule has 0 spiro atoms. The Morgan fingerprint density at radius 1 is 1.19 bits per heavy atom. The molecule has 2 amide bonds. The third-order valence-electron chi connectivity index (χ3n) is 4.27. The molecule has 0 saturated carbocycles. The molecule has 0 bridgehead atoms. The molecule has 152 valence electrons. The molecule has 9 heteroatoms. The van der Waals surface area contributed by atoms with E-state index in [0.717, 1.165) is 5.56 Å². The quantitative estimate of drug-likeness (QED) is 0.548. The van der Waals surface area contributed by atoms with Crippen LogP contribution < -0.4 is 5.32 Å². The second-order valence-electron chi connectivity index (χ2n) is 6.46. The third kappa shape index (κ3) is 8.57. The second kappa shape index (κ2) is 10.5. The summed E-state index contributed by atoms with van der Waals surface area (Å²) in [5.74, 6) is -0.293. The average Bonchev–Trinajstić information content (AvgIpc) is 2.61. The second-order valence-corrected chi connectivity index (χ2v) is 6.46. The molecule has 2 rings (SSSR count). The van der Waals surface area contributed by atoms with Crippen molar-refractivity contribution in [2.24, 2.45) is 0 Å². The van der Waals surface area contributed by atoms with Gasteiger partial charge in [0.2, 0.25) is 0 Å². The van der Waals surface area contributed by atoms with Gasteiger partial charge < -0.3 is 15.0 Å². The van der Waals surface area contributed by atoms with E-state index < -0.39 is 12.8 Å². The number of nitrogens with one attached hydrogen (secondary N) is 1. The van der Waals surface area contributed by atoms with E-state index in [9.17, 15) is 22.4 Å². The van der Waals surface area contributed by atoms with Crippen molar-refractivity contribution in [2.45, 2.75) is 19.0 Å². The van der Waals surface area contributed by atoms with Gasteiger partial charge in [-0.25, -0.2) is 9.18 Å². The Labute approximate surface area is 156 Å². The minimum atomic E-state index is -4.28. The summed E-state index contributed by atoms with van der Waals surface area (Å²) in [6, 6.07) is 6.12. The fourth-order valence-corrected chi connectivity index (χ4v) is 2.87. The number of ether oxygens (including phenoxy) is 1. The Bertz CT molecular complexity index is 590. The van der Waals surface area contributed by atoms with Crippen LogP contribution in [0.5, 0.6) is 0 Å². The molecule has 1 aliphatic heterocycles. The van der Waals surface area contributed by atoms with E-state index in [0.29, 0.717) is 52.1 Å². The minimum absolute atomic E-state index is 0.0697. The van der Waals surface area contributed by atoms with Gasteiger partial charge in [-0.1, -0.05) is 12.1 Å². The highest BCUT2D eigenvalue weighted by Crippen LogP contribution is 2.14. The maximum Gasteiger partial charge on any atom is 0.411 e. The predicted octanol–water partition coefficient (Wildman–Crippen LogP) is 2.66. The number of benzene rings is 1. The molecule has 0 aromatic heterocycles. The summed E-state index contributed by atoms with van der Waals surface area (Å²) < 4.78 is 53.6. The summed E-state index contributed by atoms with van der Waals surface area (Å²) >= 11 is 0. The van der Waals surface area contributed by atoms with E-state index in [1.54, 1.807) is 11.0 Å². The molecular formula is C18H25F4N3O2. The maximum absolute atomic E-state index is 13.1. The van der Waals surface area contributed by atoms with Gasteiger partial charge in [-0.3, -0.25) is 4.90 Å². The Morgan fingerprint density at radius 2 is 1.93 bits per heavy atom. The first-order chi connectivity index (χ1) is 12.8. The molecule has 1 N–H and O–H groups in total. The number of carbonyl (C=O) groups excluding carboxylic acids is 1. The molecule has 0 radical (unpaired) electrons. The third-order valence-corrected chi connectivity index (χ3v) is 4.27. The van der Waals surface area contributed by atoms with Crippen LogP contribution in [0.25, 0.3) is 0 Å². The topological polar surface area (TPSA) is 44.8 Å². The summed E-state index contributed by atoms with van der Waals surface area (Å²) in [6.45, 7) is 2.42. The zero-order chi connectivity index (χ0) is 19.7. The Balaban J connectivity index is 1.56. The van der Waals surface area contributed by atoms with Gasteiger partial charge in [-0.2, -0.15) is 13.2 Å². The molecular weight excluding hydrogens is 366 g/mol. The molecule has 0 atom stereocenters. The summed E-state index contributed by atoms with van der Waals surface area (Å²) in [5.41, 5.74) is 0.827. The number of carbonyl (C=O) groups is 1. The highest BCUT2D eigenvalue weighted by molar-refractivity contribution is 5.74. The number of amides is 2. The van der Waals surface area contributed by atoms with Crippen LogP contribution in [0.1, 0.15) is 12.0 Å². The highest BCUT2D eigenvalue weighted by atomic mass is 19.4. The van der Waals surface area contributed by atoms with Gasteiger partial charge in [0.15, 0.2) is 0 Å². The lowest BCUT2D eigenvalue weighted by atomic mass is 10.1. The van der Waals surface area contributed by atoms with Crippen molar-refractivity contribution in [3.63, 3.8) is 0 Å². The Kier molecular flexibility index (Phi) is 8.30. The zero-order valence-electron chi connectivity index (χ0n) is 15.1. The highest BCUT2D eigenvalue weighted by Gasteiger charge is 2.27. The first kappa shape index (κ1) is 21.4. The molecule has 1 heterocycles. The van der Waals surface area contributed by atoms with Gasteiger partial charge in [0.05, 0.1) is 0 Å². The van der Waals surface area contributed by atoms with Crippen molar-refractivity contribution in [3.8, 4) is 0 Å². The Hall–Kier alpha value is -1.87. The normalized spacial score (nSPS) is 15.8. The molecule has 1 aromatic carbocycles. The standard InChI is InChI=1S/C18H25F4N3O2/c19-16-4-1-3-15(13-16)5-6-23-17(26)25-10-8-24(9-11-25)7-2-12-27-14-18(20,21)22/h1,3-4,13H,2,5-12,14H2,(H,23,26). The lowest BCUT2D eigenvalue weighted by Crippen LogP contribution is -2.52. The first-order valence-corrected chi connectivity index (χ1v) is 8.97. The van der Waals surface area contributed by atoms with Crippen molar-refractivity contribution in [2.75, 3.05) is 52.5 Å². The lowest BCUT2D eigenvalue weighted by Gasteiger charge is -2.34. The van der Waals surface area contributed by atoms with E-state index in [-0.39, 0.29) is 18.5 Å². The van der Waals surface area contributed by atoms with Crippen LogP contribution in [0.2, 0.25) is 0 Å². The van der Waals surface area contributed by atoms with Gasteiger partial charge in [-0.05, 0) is 30.5 Å². The average molecular weight is 391 g/mol. The smallest absolute Gasteiger partial charge is 0.372 e. The number of hydrogen-bond donors (Lipinski definition) is 1. The summed E-state index contributed by atoms with van der Waals surface area (Å²) in [4.78, 5) is 16.0. The van der Waals surface area contributed by atoms with Gasteiger partial charge >= 0.3 is 12.2 Å². The summed E-state index contributed by atoms with van der Waals surface area (Å²) in [7, 11) is 0. The Morgan fingerprint density at radius 3 is 2.59 bits per heavy atom. The maximum atomic E-state index is 13.1. The van der Waals surface area contributed by atoms with Gasteiger partial charge in [0.25, 0.3) is 0 Å². The molecule has 1 saturated heterocycles. The van der Waals surface area contributed by atoms with Crippen molar-refractivity contribution in [3.05, 3.63) is 35.6 Å². The molecule has 0 unspecified atom stereocenters. The molecule has 27 heavy (non-hydrogen) atoms. The van der Waals surface area contributed by atoms with Crippen molar-refractivity contribution in [1.29, 1.82) is 0 Å². The minimum Gasteiger partial charge on any atom is -0.372 e. The van der Waals surface area contributed by atoms with E-state index in [1.807, 2.05) is 6.07 Å². The van der Waals surface area contributed by atoms with Crippen molar-refractivity contribution in [1.82, 2.24) is 15.1 Å². The molecule has 1 aliphatic rings. The molecule has 1 fully saturated rings. The number of alkyl halides is 3. The van der Waals surface area contributed by atoms with Crippen LogP contribution in [-0.4, -0.2) is 74.5 Å². The van der Waals surface area contributed by atoms with Crippen molar-refractivity contribution < 1.29 is 27.1 Å². The number of rotatable bonds is 8. The number of piperazine rings is 1. The molecule has 0 aliphatic carbocycles. The van der Waals surface area contributed by atoms with E-state index in [4.69, 9.17) is 0 Å². The number of nitrogens with zero attached hydrogens (tertiary/aromatic N) is 2. The van der Waals surface area contributed by atoms with Gasteiger partial charge in [0.1, 0.15) is 12.4 Å². The fourth-order valence-electron chi connectivity index (χ4n) is 2.87. The zero-order valence-corrected chi connectivity index (χ0v) is 15.1. The van der Waals surface area contributed by atoms with E-state index in [1.165, 1.54) is 12.1 Å². The van der Waals surface area contributed by atoms with Crippen molar-refractivity contribution >= 4 is 6.03 Å². The number of hydrogen-bond acceptors (Lipinski definition) is 3. The van der Waals surface area contributed by atoms with Crippen LogP contribution in [0.15, 0.2) is 24.3 Å². The van der Waals surface area contributed by atoms with Crippen LogP contribution in [0.4, 0.5) is 22.4 Å². The lowest BCUT2D eigenvalue weighted by molar-refractivity contribution is -0.174. The first-order valence-electron chi connectivity index (χ1n) is 8.97. The van der Waals surface area contributed by atoms with Gasteiger partial charge in [-0.15, -0.1) is 0 Å². The monoisotopic (exact) mass is 391 g/mol. The van der Waals surface area contributed by atoms with Crippen LogP contribution >= 0.6 is 0 Å². The summed E-state index contributed by atoms with van der Waals surface area (Å²) in [6.07, 6.45) is -3.20. The summed E-state index contributed by atoms with van der Waals surface area (Å²) in [5, 5.41) is 2.83. The number of halogens is 4. The fraction of sp³-hybridized carbons (Fsp3) is 0.611.